The first-order chi connectivity index (χ1) is 8.41. The number of aliphatic hydroxyl groups excluding tert-OH is 1. The van der Waals surface area contributed by atoms with Crippen LogP contribution < -0.4 is 4.90 Å². The Kier molecular flexibility index (Phi) is 3.64. The van der Waals surface area contributed by atoms with Crippen LogP contribution in [0, 0.1) is 6.92 Å². The van der Waals surface area contributed by atoms with Crippen molar-refractivity contribution in [2.45, 2.75) is 46.0 Å². The highest BCUT2D eigenvalue weighted by Gasteiger charge is 2.31. The van der Waals surface area contributed by atoms with E-state index in [2.05, 4.69) is 44.7 Å². The van der Waals surface area contributed by atoms with E-state index in [9.17, 15) is 0 Å². The molecule has 1 fully saturated rings. The molecular weight excluding hydrogens is 226 g/mol. The van der Waals surface area contributed by atoms with E-state index >= 15 is 0 Å². The molecule has 1 atom stereocenters. The molecule has 0 bridgehead atoms. The van der Waals surface area contributed by atoms with Gasteiger partial charge in [0.25, 0.3) is 0 Å². The lowest BCUT2D eigenvalue weighted by Gasteiger charge is -2.43. The minimum atomic E-state index is -0.111. The fourth-order valence-electron chi connectivity index (χ4n) is 2.81. The number of hydrogen-bond acceptors (Lipinski definition) is 3. The zero-order valence-corrected chi connectivity index (χ0v) is 11.7. The molecule has 1 aromatic rings. The van der Waals surface area contributed by atoms with Gasteiger partial charge in [-0.1, -0.05) is 12.1 Å². The van der Waals surface area contributed by atoms with Crippen molar-refractivity contribution >= 4 is 5.69 Å². The van der Waals surface area contributed by atoms with Crippen LogP contribution in [0.15, 0.2) is 18.2 Å². The Balaban J connectivity index is 2.25. The van der Waals surface area contributed by atoms with Gasteiger partial charge in [0.1, 0.15) is 0 Å². The zero-order valence-electron chi connectivity index (χ0n) is 11.7. The predicted octanol–water partition coefficient (Wildman–Crippen LogP) is 2.49. The van der Waals surface area contributed by atoms with Crippen molar-refractivity contribution in [2.75, 3.05) is 18.0 Å². The van der Waals surface area contributed by atoms with Crippen molar-refractivity contribution in [1.29, 1.82) is 0 Å². The normalized spacial score (nSPS) is 23.2. The number of anilines is 1. The summed E-state index contributed by atoms with van der Waals surface area (Å²) < 4.78 is 5.93. The molecule has 1 saturated heterocycles. The predicted molar refractivity (Wildman–Crippen MR) is 73.9 cm³/mol. The molecule has 3 heteroatoms. The van der Waals surface area contributed by atoms with Crippen LogP contribution in [0.4, 0.5) is 5.69 Å². The maximum absolute atomic E-state index is 9.15. The van der Waals surface area contributed by atoms with Gasteiger partial charge in [-0.05, 0) is 44.9 Å². The molecule has 0 radical (unpaired) electrons. The SMILES string of the molecule is Cc1cc(CO)ccc1N1CC(C)OC(C)(C)C1. The fourth-order valence-corrected chi connectivity index (χ4v) is 2.81. The van der Waals surface area contributed by atoms with Gasteiger partial charge in [0.15, 0.2) is 0 Å². The van der Waals surface area contributed by atoms with Gasteiger partial charge in [-0.15, -0.1) is 0 Å². The number of rotatable bonds is 2. The van der Waals surface area contributed by atoms with Crippen molar-refractivity contribution in [3.8, 4) is 0 Å². The second-order valence-electron chi connectivity index (χ2n) is 5.85. The summed E-state index contributed by atoms with van der Waals surface area (Å²) in [5.41, 5.74) is 3.32. The average molecular weight is 249 g/mol. The highest BCUT2D eigenvalue weighted by atomic mass is 16.5. The standard InChI is InChI=1S/C15H23NO2/c1-11-7-13(9-17)5-6-14(11)16-8-12(2)18-15(3,4)10-16/h5-7,12,17H,8-10H2,1-4H3. The van der Waals surface area contributed by atoms with Crippen LogP contribution in [0.1, 0.15) is 31.9 Å². The molecule has 100 valence electrons. The van der Waals surface area contributed by atoms with E-state index in [1.54, 1.807) is 0 Å². The van der Waals surface area contributed by atoms with Crippen LogP contribution in [0.5, 0.6) is 0 Å². The Bertz CT molecular complexity index is 429. The minimum Gasteiger partial charge on any atom is -0.392 e. The number of benzene rings is 1. The monoisotopic (exact) mass is 249 g/mol. The number of nitrogens with zero attached hydrogens (tertiary/aromatic N) is 1. The Morgan fingerprint density at radius 3 is 2.72 bits per heavy atom. The zero-order chi connectivity index (χ0) is 13.3. The summed E-state index contributed by atoms with van der Waals surface area (Å²) in [6.07, 6.45) is 0.241. The summed E-state index contributed by atoms with van der Waals surface area (Å²) in [5.74, 6) is 0. The first kappa shape index (κ1) is 13.4. The van der Waals surface area contributed by atoms with Crippen LogP contribution >= 0.6 is 0 Å². The van der Waals surface area contributed by atoms with E-state index in [1.165, 1.54) is 11.3 Å². The van der Waals surface area contributed by atoms with Crippen LogP contribution in [-0.2, 0) is 11.3 Å². The van der Waals surface area contributed by atoms with Gasteiger partial charge in [-0.25, -0.2) is 0 Å². The van der Waals surface area contributed by atoms with E-state index in [4.69, 9.17) is 9.84 Å². The molecular formula is C15H23NO2. The Morgan fingerprint density at radius 2 is 2.17 bits per heavy atom. The highest BCUT2D eigenvalue weighted by molar-refractivity contribution is 5.55. The van der Waals surface area contributed by atoms with Gasteiger partial charge in [0.2, 0.25) is 0 Å². The maximum Gasteiger partial charge on any atom is 0.0805 e. The van der Waals surface area contributed by atoms with Crippen LogP contribution in [0.2, 0.25) is 0 Å². The van der Waals surface area contributed by atoms with E-state index < -0.39 is 0 Å². The summed E-state index contributed by atoms with van der Waals surface area (Å²) in [6.45, 7) is 10.4. The number of ether oxygens (including phenoxy) is 1. The first-order valence-electron chi connectivity index (χ1n) is 6.54. The van der Waals surface area contributed by atoms with Gasteiger partial charge in [0.05, 0.1) is 18.3 Å². The van der Waals surface area contributed by atoms with Crippen LogP contribution in [0.25, 0.3) is 0 Å². The van der Waals surface area contributed by atoms with E-state index in [0.717, 1.165) is 18.7 Å². The number of morpholine rings is 1. The Hall–Kier alpha value is -1.06. The second kappa shape index (κ2) is 4.90. The molecule has 2 rings (SSSR count). The van der Waals surface area contributed by atoms with Gasteiger partial charge in [0, 0.05) is 18.8 Å². The van der Waals surface area contributed by atoms with Crippen LogP contribution in [-0.4, -0.2) is 29.9 Å². The third-order valence-electron chi connectivity index (χ3n) is 3.35. The average Bonchev–Trinajstić information content (AvgIpc) is 2.25. The van der Waals surface area contributed by atoms with Crippen molar-refractivity contribution < 1.29 is 9.84 Å². The molecule has 1 N–H and O–H groups in total. The summed E-state index contributed by atoms with van der Waals surface area (Å²) in [4.78, 5) is 2.38. The summed E-state index contributed by atoms with van der Waals surface area (Å²) in [5, 5.41) is 9.15. The number of hydrogen-bond donors (Lipinski definition) is 1. The first-order valence-corrected chi connectivity index (χ1v) is 6.54. The lowest BCUT2D eigenvalue weighted by Crippen LogP contribution is -2.52. The summed E-state index contributed by atoms with van der Waals surface area (Å²) >= 11 is 0. The van der Waals surface area contributed by atoms with Crippen molar-refractivity contribution in [3.05, 3.63) is 29.3 Å². The minimum absolute atomic E-state index is 0.103. The molecule has 1 aliphatic rings. The molecule has 1 heterocycles. The summed E-state index contributed by atoms with van der Waals surface area (Å²) in [7, 11) is 0. The highest BCUT2D eigenvalue weighted by Crippen LogP contribution is 2.28. The molecule has 18 heavy (non-hydrogen) atoms. The van der Waals surface area contributed by atoms with Crippen molar-refractivity contribution in [1.82, 2.24) is 0 Å². The lowest BCUT2D eigenvalue weighted by molar-refractivity contribution is -0.0750. The summed E-state index contributed by atoms with van der Waals surface area (Å²) in [6, 6.07) is 6.16. The quantitative estimate of drug-likeness (QED) is 0.874. The van der Waals surface area contributed by atoms with E-state index in [1.807, 2.05) is 6.07 Å². The third kappa shape index (κ3) is 2.85. The molecule has 0 aliphatic carbocycles. The molecule has 0 aromatic heterocycles. The van der Waals surface area contributed by atoms with Gasteiger partial charge in [-0.2, -0.15) is 0 Å². The largest absolute Gasteiger partial charge is 0.392 e. The Morgan fingerprint density at radius 1 is 1.44 bits per heavy atom. The Labute approximate surface area is 109 Å². The molecule has 1 aromatic carbocycles. The molecule has 1 unspecified atom stereocenters. The number of aryl methyl sites for hydroxylation is 1. The third-order valence-corrected chi connectivity index (χ3v) is 3.35. The molecule has 1 aliphatic heterocycles. The van der Waals surface area contributed by atoms with Crippen molar-refractivity contribution in [2.24, 2.45) is 0 Å². The second-order valence-corrected chi connectivity index (χ2v) is 5.85. The molecule has 0 amide bonds. The van der Waals surface area contributed by atoms with E-state index in [-0.39, 0.29) is 18.3 Å². The fraction of sp³-hybridized carbons (Fsp3) is 0.600. The van der Waals surface area contributed by atoms with Gasteiger partial charge < -0.3 is 14.7 Å². The van der Waals surface area contributed by atoms with Gasteiger partial charge in [-0.3, -0.25) is 0 Å². The topological polar surface area (TPSA) is 32.7 Å². The maximum atomic E-state index is 9.15. The molecule has 0 saturated carbocycles. The smallest absolute Gasteiger partial charge is 0.0805 e. The molecule has 0 spiro atoms. The van der Waals surface area contributed by atoms with E-state index in [0.29, 0.717) is 0 Å². The number of aliphatic hydroxyl groups is 1. The van der Waals surface area contributed by atoms with Crippen LogP contribution in [0.3, 0.4) is 0 Å². The molecule has 3 nitrogen and oxygen atoms in total. The van der Waals surface area contributed by atoms with Gasteiger partial charge >= 0.3 is 0 Å². The lowest BCUT2D eigenvalue weighted by atomic mass is 10.0. The van der Waals surface area contributed by atoms with Crippen molar-refractivity contribution in [3.63, 3.8) is 0 Å².